The fraction of sp³-hybridized carbons (Fsp3) is 0.688. The van der Waals surface area contributed by atoms with Crippen LogP contribution in [-0.4, -0.2) is 6.21 Å². The van der Waals surface area contributed by atoms with E-state index in [0.717, 1.165) is 0 Å². The predicted molar refractivity (Wildman–Crippen MR) is 75.2 cm³/mol. The van der Waals surface area contributed by atoms with Crippen molar-refractivity contribution in [2.45, 2.75) is 48.0 Å². The number of aliphatic imine (C=N–C) groups is 1. The second-order valence-electron chi connectivity index (χ2n) is 6.54. The Morgan fingerprint density at radius 3 is 2.53 bits per heavy atom. The number of allylic oxidation sites excluding steroid dienone is 4. The number of nitrogens with zero attached hydrogens (tertiary/aromatic N) is 1. The highest BCUT2D eigenvalue weighted by Gasteiger charge is 2.36. The standard InChI is InChI=1S/C16H25N/c1-10-9-17-13(4)15-8-16(5,6)11(2)7-14(15)12(10)3/h7,9-10,12,14H,8H2,1-6H3. The molecule has 0 bridgehead atoms. The molecule has 0 N–H and O–H groups in total. The second-order valence-corrected chi connectivity index (χ2v) is 6.54. The minimum Gasteiger partial charge on any atom is -0.266 e. The van der Waals surface area contributed by atoms with Crippen LogP contribution in [0.1, 0.15) is 48.0 Å². The lowest BCUT2D eigenvalue weighted by Gasteiger charge is -2.38. The molecule has 0 aromatic rings. The van der Waals surface area contributed by atoms with Crippen molar-refractivity contribution in [2.24, 2.45) is 28.2 Å². The van der Waals surface area contributed by atoms with E-state index in [0.29, 0.717) is 23.2 Å². The normalized spacial score (nSPS) is 36.4. The highest BCUT2D eigenvalue weighted by atomic mass is 14.7. The van der Waals surface area contributed by atoms with Gasteiger partial charge in [0.15, 0.2) is 0 Å². The summed E-state index contributed by atoms with van der Waals surface area (Å²) in [4.78, 5) is 4.66. The van der Waals surface area contributed by atoms with E-state index >= 15 is 0 Å². The molecule has 1 nitrogen and oxygen atoms in total. The number of fused-ring (bicyclic) bond motifs is 1. The summed E-state index contributed by atoms with van der Waals surface area (Å²) in [5.41, 5.74) is 4.66. The number of hydrogen-bond donors (Lipinski definition) is 0. The maximum atomic E-state index is 4.66. The highest BCUT2D eigenvalue weighted by molar-refractivity contribution is 5.64. The van der Waals surface area contributed by atoms with Crippen molar-refractivity contribution in [3.8, 4) is 0 Å². The molecule has 1 heteroatoms. The molecule has 0 saturated carbocycles. The Bertz CT molecular complexity index is 409. The Morgan fingerprint density at radius 2 is 1.88 bits per heavy atom. The lowest BCUT2D eigenvalue weighted by Crippen LogP contribution is -2.28. The molecular weight excluding hydrogens is 206 g/mol. The third-order valence-electron chi connectivity index (χ3n) is 4.90. The molecule has 0 radical (unpaired) electrons. The summed E-state index contributed by atoms with van der Waals surface area (Å²) in [7, 11) is 0. The van der Waals surface area contributed by atoms with Gasteiger partial charge in [-0.1, -0.05) is 39.3 Å². The van der Waals surface area contributed by atoms with Gasteiger partial charge in [0.25, 0.3) is 0 Å². The zero-order valence-corrected chi connectivity index (χ0v) is 12.0. The molecule has 2 rings (SSSR count). The maximum Gasteiger partial charge on any atom is 0.0367 e. The fourth-order valence-corrected chi connectivity index (χ4v) is 2.94. The second kappa shape index (κ2) is 4.12. The molecule has 0 spiro atoms. The molecule has 0 aromatic carbocycles. The van der Waals surface area contributed by atoms with Crippen molar-refractivity contribution in [3.05, 3.63) is 22.9 Å². The van der Waals surface area contributed by atoms with Gasteiger partial charge in [-0.15, -0.1) is 0 Å². The lowest BCUT2D eigenvalue weighted by atomic mass is 9.66. The minimum absolute atomic E-state index is 0.301. The van der Waals surface area contributed by atoms with Gasteiger partial charge in [0.1, 0.15) is 0 Å². The van der Waals surface area contributed by atoms with E-state index in [-0.39, 0.29) is 0 Å². The van der Waals surface area contributed by atoms with Crippen LogP contribution in [0.2, 0.25) is 0 Å². The molecule has 3 unspecified atom stereocenters. The van der Waals surface area contributed by atoms with Crippen molar-refractivity contribution < 1.29 is 0 Å². The van der Waals surface area contributed by atoms with Gasteiger partial charge < -0.3 is 0 Å². The smallest absolute Gasteiger partial charge is 0.0367 e. The first-order chi connectivity index (χ1) is 7.83. The molecule has 2 aliphatic rings. The van der Waals surface area contributed by atoms with Gasteiger partial charge in [-0.3, -0.25) is 4.99 Å². The van der Waals surface area contributed by atoms with E-state index in [9.17, 15) is 0 Å². The van der Waals surface area contributed by atoms with Crippen molar-refractivity contribution >= 4 is 6.21 Å². The van der Waals surface area contributed by atoms with E-state index in [4.69, 9.17) is 0 Å². The van der Waals surface area contributed by atoms with Crippen LogP contribution in [0.25, 0.3) is 0 Å². The Hall–Kier alpha value is -0.850. The summed E-state index contributed by atoms with van der Waals surface area (Å²) < 4.78 is 0. The van der Waals surface area contributed by atoms with Gasteiger partial charge >= 0.3 is 0 Å². The van der Waals surface area contributed by atoms with Crippen LogP contribution in [0.3, 0.4) is 0 Å². The molecule has 1 aliphatic carbocycles. The average Bonchev–Trinajstić information content (AvgIpc) is 2.34. The van der Waals surface area contributed by atoms with Crippen LogP contribution < -0.4 is 0 Å². The van der Waals surface area contributed by atoms with Crippen LogP contribution in [0, 0.1) is 23.2 Å². The van der Waals surface area contributed by atoms with Gasteiger partial charge in [-0.2, -0.15) is 0 Å². The zero-order chi connectivity index (χ0) is 12.8. The van der Waals surface area contributed by atoms with E-state index in [1.165, 1.54) is 12.1 Å². The quantitative estimate of drug-likeness (QED) is 0.540. The van der Waals surface area contributed by atoms with E-state index in [1.54, 1.807) is 11.1 Å². The van der Waals surface area contributed by atoms with Crippen molar-refractivity contribution in [3.63, 3.8) is 0 Å². The topological polar surface area (TPSA) is 12.4 Å². The van der Waals surface area contributed by atoms with Crippen molar-refractivity contribution in [2.75, 3.05) is 0 Å². The van der Waals surface area contributed by atoms with Crippen molar-refractivity contribution in [1.29, 1.82) is 0 Å². The zero-order valence-electron chi connectivity index (χ0n) is 12.0. The fourth-order valence-electron chi connectivity index (χ4n) is 2.94. The van der Waals surface area contributed by atoms with E-state index in [1.807, 2.05) is 0 Å². The van der Waals surface area contributed by atoms with Crippen LogP contribution >= 0.6 is 0 Å². The summed E-state index contributed by atoms with van der Waals surface area (Å²) in [6.07, 6.45) is 5.81. The summed E-state index contributed by atoms with van der Waals surface area (Å²) in [6, 6.07) is 0. The summed E-state index contributed by atoms with van der Waals surface area (Å²) in [5, 5.41) is 0. The molecule has 1 aliphatic heterocycles. The third kappa shape index (κ3) is 2.12. The Kier molecular flexibility index (Phi) is 3.05. The highest BCUT2D eigenvalue weighted by Crippen LogP contribution is 2.47. The Labute approximate surface area is 106 Å². The van der Waals surface area contributed by atoms with Gasteiger partial charge in [0, 0.05) is 17.8 Å². The molecule has 17 heavy (non-hydrogen) atoms. The molecule has 1 heterocycles. The van der Waals surface area contributed by atoms with Gasteiger partial charge in [0.05, 0.1) is 0 Å². The first-order valence-electron chi connectivity index (χ1n) is 6.75. The largest absolute Gasteiger partial charge is 0.266 e. The molecule has 0 fully saturated rings. The molecule has 94 valence electrons. The molecule has 0 saturated heterocycles. The molecule has 0 aromatic heterocycles. The van der Waals surface area contributed by atoms with Crippen molar-refractivity contribution in [1.82, 2.24) is 0 Å². The SMILES string of the molecule is CC1=CC2C(=C(C)N=CC(C)C2C)CC1(C)C. The van der Waals surface area contributed by atoms with Gasteiger partial charge in [0.2, 0.25) is 0 Å². The Balaban J connectivity index is 2.50. The minimum atomic E-state index is 0.301. The van der Waals surface area contributed by atoms with E-state index < -0.39 is 0 Å². The van der Waals surface area contributed by atoms with Crippen LogP contribution in [0.5, 0.6) is 0 Å². The van der Waals surface area contributed by atoms with Gasteiger partial charge in [-0.05, 0) is 43.1 Å². The summed E-state index contributed by atoms with van der Waals surface area (Å²) in [6.45, 7) is 13.8. The number of hydrogen-bond acceptors (Lipinski definition) is 1. The molecule has 0 amide bonds. The predicted octanol–water partition coefficient (Wildman–Crippen LogP) is 4.61. The van der Waals surface area contributed by atoms with E-state index in [2.05, 4.69) is 58.8 Å². The van der Waals surface area contributed by atoms with Gasteiger partial charge in [-0.25, -0.2) is 0 Å². The monoisotopic (exact) mass is 231 g/mol. The maximum absolute atomic E-state index is 4.66. The number of rotatable bonds is 0. The third-order valence-corrected chi connectivity index (χ3v) is 4.90. The van der Waals surface area contributed by atoms with Crippen LogP contribution in [-0.2, 0) is 0 Å². The molecular formula is C16H25N. The summed E-state index contributed by atoms with van der Waals surface area (Å²) in [5.74, 6) is 1.83. The van der Waals surface area contributed by atoms with Crippen LogP contribution in [0.4, 0.5) is 0 Å². The average molecular weight is 231 g/mol. The first kappa shape index (κ1) is 12.6. The molecule has 3 atom stereocenters. The summed E-state index contributed by atoms with van der Waals surface area (Å²) >= 11 is 0. The lowest BCUT2D eigenvalue weighted by molar-refractivity contribution is 0.336. The van der Waals surface area contributed by atoms with Crippen LogP contribution in [0.15, 0.2) is 27.9 Å². The Morgan fingerprint density at radius 1 is 1.24 bits per heavy atom. The first-order valence-corrected chi connectivity index (χ1v) is 6.75.